The molecule has 12 nitrogen and oxygen atoms in total. The fourth-order valence-corrected chi connectivity index (χ4v) is 11.5. The highest BCUT2D eigenvalue weighted by Crippen LogP contribution is 2.36. The van der Waals surface area contributed by atoms with Gasteiger partial charge in [0.15, 0.2) is 0 Å². The molecule has 9 aromatic carbocycles. The Labute approximate surface area is 426 Å². The third kappa shape index (κ3) is 6.42. The molecule has 0 aliphatic carbocycles. The predicted octanol–water partition coefficient (Wildman–Crippen LogP) is 9.38. The zero-order chi connectivity index (χ0) is 48.7. The molecule has 1 saturated heterocycles. The van der Waals surface area contributed by atoms with Gasteiger partial charge in [-0.25, -0.2) is 24.5 Å². The maximum atomic E-state index is 5.63. The van der Waals surface area contributed by atoms with Crippen LogP contribution < -0.4 is 30.6 Å². The van der Waals surface area contributed by atoms with Crippen LogP contribution in [0.3, 0.4) is 0 Å². The Hall–Kier alpha value is -9.88. The molecule has 1 fully saturated rings. The Morgan fingerprint density at radius 1 is 0.284 bits per heavy atom. The standard InChI is InChI=1S/C59H41B3N12/c1-6-22-42(23-7-1)60-72(45-28-12-4-13-29-45)61(43-24-8-2-9-25-43)74(62(44-26-10-3-11-27-44)73(60)46-30-14-5-15-31-46)57-64-41-63-56(67-57)71-54-39-38-47(40-55(54)70-51-35-19-17-33-49(51)66-59(70)71)68-52-36-20-21-37-53(52)69-50-34-18-16-32-48(50)65-58(68)69/h1-41H. The van der Waals surface area contributed by atoms with E-state index in [0.717, 1.165) is 83.4 Å². The van der Waals surface area contributed by atoms with Crippen LogP contribution in [-0.4, -0.2) is 63.8 Å². The summed E-state index contributed by atoms with van der Waals surface area (Å²) in [6.07, 6.45) is 1.65. The van der Waals surface area contributed by atoms with E-state index in [1.807, 2.05) is 12.1 Å². The number of hydrogen-bond acceptors (Lipinski definition) is 8. The molecule has 0 amide bonds. The molecule has 74 heavy (non-hydrogen) atoms. The van der Waals surface area contributed by atoms with Gasteiger partial charge >= 0.3 is 20.9 Å². The summed E-state index contributed by atoms with van der Waals surface area (Å²) in [6.45, 7) is -1.17. The Bertz CT molecular complexity index is 4290. The largest absolute Gasteiger partial charge is 0.416 e. The van der Waals surface area contributed by atoms with Gasteiger partial charge in [-0.05, 0) is 95.3 Å². The zero-order valence-electron chi connectivity index (χ0n) is 39.8. The average molecular weight is 950 g/mol. The van der Waals surface area contributed by atoms with Crippen molar-refractivity contribution < 1.29 is 0 Å². The van der Waals surface area contributed by atoms with Crippen molar-refractivity contribution in [3.63, 3.8) is 0 Å². The van der Waals surface area contributed by atoms with Crippen LogP contribution in [0.25, 0.3) is 67.3 Å². The molecule has 14 aromatic rings. The van der Waals surface area contributed by atoms with Gasteiger partial charge in [0.2, 0.25) is 23.5 Å². The van der Waals surface area contributed by atoms with Crippen LogP contribution in [0.5, 0.6) is 0 Å². The number of imidazole rings is 4. The first-order chi connectivity index (χ1) is 36.8. The Balaban J connectivity index is 0.991. The van der Waals surface area contributed by atoms with Gasteiger partial charge < -0.3 is 14.2 Å². The first-order valence-electron chi connectivity index (χ1n) is 24.8. The summed E-state index contributed by atoms with van der Waals surface area (Å²) >= 11 is 0. The predicted molar refractivity (Wildman–Crippen MR) is 302 cm³/mol. The Morgan fingerprint density at radius 3 is 1.23 bits per heavy atom. The van der Waals surface area contributed by atoms with Gasteiger partial charge in [-0.1, -0.05) is 164 Å². The SMILES string of the molecule is c1ccc(B2N(c3ccccc3)B(c3ccccc3)N(c3ncnc(-n4c5ccc(-n6c7ccccc7n7c8ccccc8nc67)cc5n5c6ccccc6nc45)n3)B(c3ccccc3)N2c2ccccc2)cc1. The molecule has 0 radical (unpaired) electrons. The van der Waals surface area contributed by atoms with E-state index >= 15 is 0 Å². The molecule has 15 heteroatoms. The van der Waals surface area contributed by atoms with Crippen LogP contribution in [-0.2, 0) is 0 Å². The Kier molecular flexibility index (Phi) is 9.55. The van der Waals surface area contributed by atoms with E-state index in [0.29, 0.717) is 17.7 Å². The summed E-state index contributed by atoms with van der Waals surface area (Å²) in [7, 11) is 0. The van der Waals surface area contributed by atoms with Crippen molar-refractivity contribution in [3.05, 3.63) is 249 Å². The molecule has 0 atom stereocenters. The molecule has 15 rings (SSSR count). The molecular weight excluding hydrogens is 909 g/mol. The van der Waals surface area contributed by atoms with E-state index in [4.69, 9.17) is 24.9 Å². The maximum absolute atomic E-state index is 5.63. The summed E-state index contributed by atoms with van der Waals surface area (Å²) in [6, 6.07) is 85.3. The topological polar surface area (TPSA) is 92.8 Å². The van der Waals surface area contributed by atoms with Crippen molar-refractivity contribution in [1.82, 2.24) is 42.9 Å². The van der Waals surface area contributed by atoms with Gasteiger partial charge in [0, 0.05) is 11.4 Å². The molecule has 0 N–H and O–H groups in total. The first-order valence-corrected chi connectivity index (χ1v) is 24.8. The number of hydrogen-bond donors (Lipinski definition) is 0. The number of rotatable bonds is 8. The van der Waals surface area contributed by atoms with E-state index in [-0.39, 0.29) is 6.98 Å². The highest BCUT2D eigenvalue weighted by Gasteiger charge is 2.56. The van der Waals surface area contributed by atoms with Gasteiger partial charge in [0.1, 0.15) is 6.33 Å². The lowest BCUT2D eigenvalue weighted by Crippen LogP contribution is -2.86. The maximum Gasteiger partial charge on any atom is 0.391 e. The molecule has 0 unspecified atom stereocenters. The van der Waals surface area contributed by atoms with Gasteiger partial charge in [-0.15, -0.1) is 0 Å². The Morgan fingerprint density at radius 2 is 0.689 bits per heavy atom. The minimum Gasteiger partial charge on any atom is -0.416 e. The van der Waals surface area contributed by atoms with E-state index in [9.17, 15) is 0 Å². The van der Waals surface area contributed by atoms with Crippen LogP contribution in [0, 0.1) is 0 Å². The van der Waals surface area contributed by atoms with Crippen LogP contribution in [0.15, 0.2) is 249 Å². The van der Waals surface area contributed by atoms with Crippen molar-refractivity contribution >= 4 is 110 Å². The summed E-state index contributed by atoms with van der Waals surface area (Å²) in [4.78, 5) is 26.4. The molecule has 0 saturated carbocycles. The monoisotopic (exact) mass is 950 g/mol. The third-order valence-electron chi connectivity index (χ3n) is 14.5. The van der Waals surface area contributed by atoms with Crippen molar-refractivity contribution in [2.75, 3.05) is 14.2 Å². The highest BCUT2D eigenvalue weighted by molar-refractivity contribution is 7.14. The molecule has 6 heterocycles. The molecule has 5 aromatic heterocycles. The first kappa shape index (κ1) is 41.9. The number of fused-ring (bicyclic) bond motifs is 10. The second kappa shape index (κ2) is 16.9. The van der Waals surface area contributed by atoms with Gasteiger partial charge in [-0.3, -0.25) is 13.4 Å². The summed E-state index contributed by atoms with van der Waals surface area (Å²) in [5.41, 5.74) is 14.1. The smallest absolute Gasteiger partial charge is 0.391 e. The van der Waals surface area contributed by atoms with Gasteiger partial charge in [0.05, 0.1) is 49.8 Å². The van der Waals surface area contributed by atoms with E-state index < -0.39 is 14.0 Å². The minimum atomic E-state index is -0.435. The van der Waals surface area contributed by atoms with E-state index in [2.05, 4.69) is 263 Å². The lowest BCUT2D eigenvalue weighted by Gasteiger charge is -2.56. The van der Waals surface area contributed by atoms with Gasteiger partial charge in [0.25, 0.3) is 0 Å². The molecule has 346 valence electrons. The molecule has 1 aliphatic heterocycles. The van der Waals surface area contributed by atoms with Crippen molar-refractivity contribution in [2.24, 2.45) is 0 Å². The number of anilines is 3. The van der Waals surface area contributed by atoms with Crippen LogP contribution in [0.4, 0.5) is 17.3 Å². The lowest BCUT2D eigenvalue weighted by atomic mass is 9.37. The fourth-order valence-electron chi connectivity index (χ4n) is 11.5. The summed E-state index contributed by atoms with van der Waals surface area (Å²) < 4.78 is 16.2. The lowest BCUT2D eigenvalue weighted by molar-refractivity contribution is 0.923. The number of para-hydroxylation sites is 8. The van der Waals surface area contributed by atoms with E-state index in [1.54, 1.807) is 6.33 Å². The van der Waals surface area contributed by atoms with Gasteiger partial charge in [-0.2, -0.15) is 4.98 Å². The quantitative estimate of drug-likeness (QED) is 0.139. The van der Waals surface area contributed by atoms with E-state index in [1.165, 1.54) is 0 Å². The average Bonchev–Trinajstić information content (AvgIpc) is 4.22. The molecule has 0 spiro atoms. The number of nitrogens with zero attached hydrogens (tertiary/aromatic N) is 12. The summed E-state index contributed by atoms with van der Waals surface area (Å²) in [5, 5.41) is 0. The molecular formula is C59H41B3N12. The third-order valence-corrected chi connectivity index (χ3v) is 14.5. The minimum absolute atomic E-state index is 0.299. The van der Waals surface area contributed by atoms with Crippen LogP contribution in [0.2, 0.25) is 0 Å². The molecule has 0 bridgehead atoms. The second-order valence-electron chi connectivity index (χ2n) is 18.6. The van der Waals surface area contributed by atoms with Crippen molar-refractivity contribution in [2.45, 2.75) is 0 Å². The van der Waals surface area contributed by atoms with Crippen LogP contribution >= 0.6 is 0 Å². The van der Waals surface area contributed by atoms with Crippen molar-refractivity contribution in [3.8, 4) is 11.6 Å². The summed E-state index contributed by atoms with van der Waals surface area (Å²) in [5.74, 6) is 2.45. The highest BCUT2D eigenvalue weighted by atomic mass is 15.4. The van der Waals surface area contributed by atoms with Crippen LogP contribution in [0.1, 0.15) is 0 Å². The normalized spacial score (nSPS) is 13.2. The zero-order valence-corrected chi connectivity index (χ0v) is 39.8. The number of benzene rings is 9. The van der Waals surface area contributed by atoms with Crippen molar-refractivity contribution in [1.29, 1.82) is 0 Å². The fraction of sp³-hybridized carbons (Fsp3) is 0. The molecule has 1 aliphatic rings. The second-order valence-corrected chi connectivity index (χ2v) is 18.6. The number of aromatic nitrogens is 9.